The molecular weight excluding hydrogens is 275 g/mol. The lowest BCUT2D eigenvalue weighted by Crippen LogP contribution is -2.27. The van der Waals surface area contributed by atoms with Gasteiger partial charge in [0.15, 0.2) is 0 Å². The van der Waals surface area contributed by atoms with Crippen molar-refractivity contribution in [2.45, 2.75) is 38.3 Å². The van der Waals surface area contributed by atoms with Crippen molar-refractivity contribution in [3.63, 3.8) is 0 Å². The zero-order chi connectivity index (χ0) is 11.2. The van der Waals surface area contributed by atoms with Crippen LogP contribution in [0, 0.1) is 0 Å². The van der Waals surface area contributed by atoms with Crippen LogP contribution in [-0.2, 0) is 11.3 Å². The number of carbonyl (C=O) groups excluding carboxylic acids is 1. The molecule has 2 rings (SSSR count). The Hall–Kier alpha value is -0.780. The number of carbonyl (C=O) groups is 1. The highest BCUT2D eigenvalue weighted by atomic mass is 35.5. The van der Waals surface area contributed by atoms with Crippen molar-refractivity contribution >= 4 is 30.7 Å². The third-order valence-electron chi connectivity index (χ3n) is 2.89. The fourth-order valence-electron chi connectivity index (χ4n) is 1.97. The van der Waals surface area contributed by atoms with Gasteiger partial charge >= 0.3 is 0 Å². The summed E-state index contributed by atoms with van der Waals surface area (Å²) in [5, 5.41) is 6.23. The van der Waals surface area contributed by atoms with E-state index in [1.165, 1.54) is 12.8 Å². The number of H-pyrrole nitrogens is 1. The number of aromatic amines is 1. The van der Waals surface area contributed by atoms with Gasteiger partial charge in [-0.3, -0.25) is 4.79 Å². The summed E-state index contributed by atoms with van der Waals surface area (Å²) in [6, 6.07) is 0.536. The Morgan fingerprint density at radius 2 is 2.33 bits per heavy atom. The maximum Gasteiger partial charge on any atom is 0.220 e. The number of imidazole rings is 1. The predicted molar refractivity (Wildman–Crippen MR) is 75.2 cm³/mol. The molecular formula is C11H20Cl2N4O. The summed E-state index contributed by atoms with van der Waals surface area (Å²) in [6.45, 7) is 1.59. The molecule has 0 bridgehead atoms. The number of nitrogens with one attached hydrogen (secondary N) is 3. The Bertz CT molecular complexity index is 326. The quantitative estimate of drug-likeness (QED) is 0.769. The van der Waals surface area contributed by atoms with E-state index in [0.717, 1.165) is 18.8 Å². The van der Waals surface area contributed by atoms with E-state index in [2.05, 4.69) is 20.6 Å². The third kappa shape index (κ3) is 5.71. The Kier molecular flexibility index (Phi) is 8.79. The molecule has 3 N–H and O–H groups in total. The van der Waals surface area contributed by atoms with E-state index >= 15 is 0 Å². The van der Waals surface area contributed by atoms with Crippen LogP contribution in [0.15, 0.2) is 12.4 Å². The van der Waals surface area contributed by atoms with Crippen molar-refractivity contribution < 1.29 is 4.79 Å². The highest BCUT2D eigenvalue weighted by Crippen LogP contribution is 2.10. The molecule has 0 spiro atoms. The molecule has 0 radical (unpaired) electrons. The van der Waals surface area contributed by atoms with Crippen LogP contribution in [0.25, 0.3) is 0 Å². The molecule has 1 aliphatic heterocycles. The molecule has 5 nitrogen and oxygen atoms in total. The predicted octanol–water partition coefficient (Wildman–Crippen LogP) is 1.40. The molecule has 1 amide bonds. The van der Waals surface area contributed by atoms with Crippen molar-refractivity contribution in [3.05, 3.63) is 18.2 Å². The van der Waals surface area contributed by atoms with Crippen LogP contribution in [0.5, 0.6) is 0 Å². The molecule has 1 aromatic rings. The number of hydrogen-bond acceptors (Lipinski definition) is 3. The average Bonchev–Trinajstić information content (AvgIpc) is 2.96. The maximum atomic E-state index is 11.5. The van der Waals surface area contributed by atoms with Gasteiger partial charge in [0.25, 0.3) is 0 Å². The van der Waals surface area contributed by atoms with Gasteiger partial charge in [0.05, 0.1) is 6.54 Å². The van der Waals surface area contributed by atoms with Gasteiger partial charge in [0, 0.05) is 24.9 Å². The molecule has 2 heterocycles. The Morgan fingerprint density at radius 1 is 1.50 bits per heavy atom. The van der Waals surface area contributed by atoms with Gasteiger partial charge in [0.2, 0.25) is 5.91 Å². The number of amides is 1. The zero-order valence-electron chi connectivity index (χ0n) is 10.1. The topological polar surface area (TPSA) is 69.8 Å². The normalized spacial score (nSPS) is 17.7. The number of hydrogen-bond donors (Lipinski definition) is 3. The van der Waals surface area contributed by atoms with E-state index in [-0.39, 0.29) is 30.7 Å². The van der Waals surface area contributed by atoms with Gasteiger partial charge in [-0.05, 0) is 25.8 Å². The first kappa shape index (κ1) is 17.2. The highest BCUT2D eigenvalue weighted by molar-refractivity contribution is 5.85. The van der Waals surface area contributed by atoms with Crippen LogP contribution >= 0.6 is 24.8 Å². The van der Waals surface area contributed by atoms with Crippen LogP contribution in [-0.4, -0.2) is 28.5 Å². The first-order valence-corrected chi connectivity index (χ1v) is 5.83. The molecule has 0 saturated carbocycles. The molecule has 1 fully saturated rings. The monoisotopic (exact) mass is 294 g/mol. The Balaban J connectivity index is 0.00000144. The minimum atomic E-state index is 0. The van der Waals surface area contributed by atoms with Gasteiger partial charge in [-0.2, -0.15) is 0 Å². The van der Waals surface area contributed by atoms with Crippen molar-refractivity contribution in [1.82, 2.24) is 20.6 Å². The lowest BCUT2D eigenvalue weighted by atomic mass is 10.1. The van der Waals surface area contributed by atoms with E-state index in [9.17, 15) is 4.79 Å². The fourth-order valence-corrected chi connectivity index (χ4v) is 1.97. The second kappa shape index (κ2) is 9.19. The molecule has 1 aliphatic rings. The van der Waals surface area contributed by atoms with Crippen molar-refractivity contribution in [2.75, 3.05) is 6.54 Å². The summed E-state index contributed by atoms with van der Waals surface area (Å²) in [7, 11) is 0. The minimum absolute atomic E-state index is 0. The van der Waals surface area contributed by atoms with E-state index in [1.54, 1.807) is 12.4 Å². The van der Waals surface area contributed by atoms with Crippen LogP contribution in [0.3, 0.4) is 0 Å². The second-order valence-corrected chi connectivity index (χ2v) is 4.14. The van der Waals surface area contributed by atoms with Gasteiger partial charge in [-0.25, -0.2) is 4.98 Å². The molecule has 18 heavy (non-hydrogen) atoms. The Morgan fingerprint density at radius 3 is 2.94 bits per heavy atom. The average molecular weight is 295 g/mol. The number of aromatic nitrogens is 2. The number of nitrogens with zero attached hydrogens (tertiary/aromatic N) is 1. The summed E-state index contributed by atoms with van der Waals surface area (Å²) in [5.74, 6) is 0.900. The van der Waals surface area contributed by atoms with Gasteiger partial charge < -0.3 is 15.6 Å². The summed E-state index contributed by atoms with van der Waals surface area (Å²) in [4.78, 5) is 18.5. The molecule has 1 unspecified atom stereocenters. The van der Waals surface area contributed by atoms with E-state index < -0.39 is 0 Å². The molecule has 104 valence electrons. The maximum absolute atomic E-state index is 11.5. The van der Waals surface area contributed by atoms with E-state index in [0.29, 0.717) is 19.0 Å². The first-order chi connectivity index (χ1) is 7.84. The summed E-state index contributed by atoms with van der Waals surface area (Å²) < 4.78 is 0. The highest BCUT2D eigenvalue weighted by Gasteiger charge is 2.14. The fraction of sp³-hybridized carbons (Fsp3) is 0.636. The van der Waals surface area contributed by atoms with Crippen molar-refractivity contribution in [1.29, 1.82) is 0 Å². The van der Waals surface area contributed by atoms with Crippen LogP contribution in [0.2, 0.25) is 0 Å². The van der Waals surface area contributed by atoms with Crippen LogP contribution in [0.4, 0.5) is 0 Å². The number of halogens is 2. The molecule has 7 heteroatoms. The second-order valence-electron chi connectivity index (χ2n) is 4.14. The van der Waals surface area contributed by atoms with Gasteiger partial charge in [-0.1, -0.05) is 0 Å². The molecule has 1 saturated heterocycles. The summed E-state index contributed by atoms with van der Waals surface area (Å²) in [6.07, 6.45) is 7.40. The Labute approximate surface area is 119 Å². The van der Waals surface area contributed by atoms with Crippen molar-refractivity contribution in [3.8, 4) is 0 Å². The lowest BCUT2D eigenvalue weighted by Gasteiger charge is -2.09. The first-order valence-electron chi connectivity index (χ1n) is 5.83. The summed E-state index contributed by atoms with van der Waals surface area (Å²) >= 11 is 0. The zero-order valence-corrected chi connectivity index (χ0v) is 11.8. The molecule has 1 atom stereocenters. The van der Waals surface area contributed by atoms with Crippen LogP contribution in [0.1, 0.15) is 31.5 Å². The smallest absolute Gasteiger partial charge is 0.220 e. The van der Waals surface area contributed by atoms with Gasteiger partial charge in [-0.15, -0.1) is 24.8 Å². The summed E-state index contributed by atoms with van der Waals surface area (Å²) in [5.41, 5.74) is 0. The lowest BCUT2D eigenvalue weighted by molar-refractivity contribution is -0.121. The number of rotatable bonds is 5. The minimum Gasteiger partial charge on any atom is -0.349 e. The van der Waals surface area contributed by atoms with Crippen molar-refractivity contribution in [2.24, 2.45) is 0 Å². The third-order valence-corrected chi connectivity index (χ3v) is 2.89. The molecule has 0 aromatic carbocycles. The van der Waals surface area contributed by atoms with E-state index in [1.807, 2.05) is 0 Å². The van der Waals surface area contributed by atoms with Gasteiger partial charge in [0.1, 0.15) is 5.82 Å². The van der Waals surface area contributed by atoms with E-state index in [4.69, 9.17) is 0 Å². The molecule has 1 aromatic heterocycles. The molecule has 0 aliphatic carbocycles. The standard InChI is InChI=1S/C11H18N4O.2ClH/c16-11(4-3-9-2-1-5-12-9)15-8-10-13-6-7-14-10;;/h6-7,9,12H,1-5,8H2,(H,13,14)(H,15,16);2*1H. The van der Waals surface area contributed by atoms with Crippen LogP contribution < -0.4 is 10.6 Å². The SMILES string of the molecule is Cl.Cl.O=C(CCC1CCCN1)NCc1ncc[nH]1. The largest absolute Gasteiger partial charge is 0.349 e.